The van der Waals surface area contributed by atoms with E-state index in [0.29, 0.717) is 45.6 Å². The van der Waals surface area contributed by atoms with Gasteiger partial charge in [0.25, 0.3) is 5.91 Å². The zero-order chi connectivity index (χ0) is 15.3. The first-order chi connectivity index (χ1) is 10.0. The van der Waals surface area contributed by atoms with Crippen LogP contribution in [0.3, 0.4) is 0 Å². The minimum Gasteiger partial charge on any atom is -0.394 e. The summed E-state index contributed by atoms with van der Waals surface area (Å²) in [4.78, 5) is 14.5. The van der Waals surface area contributed by atoms with Crippen LogP contribution in [0.15, 0.2) is 0 Å². The Kier molecular flexibility index (Phi) is 5.95. The number of hydrogen-bond donors (Lipinski definition) is 3. The van der Waals surface area contributed by atoms with Gasteiger partial charge in [-0.3, -0.25) is 4.79 Å². The second-order valence-corrected chi connectivity index (χ2v) is 5.91. The van der Waals surface area contributed by atoms with E-state index < -0.39 is 5.60 Å². The van der Waals surface area contributed by atoms with E-state index in [2.05, 4.69) is 10.2 Å². The van der Waals surface area contributed by atoms with Gasteiger partial charge in [-0.05, 0) is 26.3 Å². The van der Waals surface area contributed by atoms with Crippen LogP contribution in [0.2, 0.25) is 0 Å². The van der Waals surface area contributed by atoms with Crippen molar-refractivity contribution in [2.75, 3.05) is 46.6 Å². The molecule has 122 valence electrons. The van der Waals surface area contributed by atoms with Crippen molar-refractivity contribution in [3.05, 3.63) is 0 Å². The maximum atomic E-state index is 12.4. The lowest BCUT2D eigenvalue weighted by atomic mass is 9.90. The fourth-order valence-electron chi connectivity index (χ4n) is 2.77. The summed E-state index contributed by atoms with van der Waals surface area (Å²) in [6.45, 7) is 2.56. The number of amides is 1. The second-order valence-electron chi connectivity index (χ2n) is 5.91. The number of likely N-dealkylation sites (tertiary alicyclic amines) is 1. The number of carbonyl (C=O) groups excluding carboxylic acids is 1. The Bertz CT molecular complexity index is 344. The molecule has 2 fully saturated rings. The highest BCUT2D eigenvalue weighted by atomic mass is 16.5. The number of rotatable bonds is 5. The van der Waals surface area contributed by atoms with Crippen LogP contribution in [0, 0.1) is 0 Å². The Balaban J connectivity index is 1.90. The highest BCUT2D eigenvalue weighted by Gasteiger charge is 2.40. The van der Waals surface area contributed by atoms with Crippen molar-refractivity contribution in [2.45, 2.75) is 37.0 Å². The van der Waals surface area contributed by atoms with Crippen molar-refractivity contribution in [1.29, 1.82) is 0 Å². The van der Waals surface area contributed by atoms with Gasteiger partial charge >= 0.3 is 0 Å². The van der Waals surface area contributed by atoms with Gasteiger partial charge in [0.1, 0.15) is 5.60 Å². The molecule has 0 saturated carbocycles. The fraction of sp³-hybridized carbons (Fsp3) is 0.929. The molecule has 0 aromatic heterocycles. The first-order valence-corrected chi connectivity index (χ1v) is 7.57. The van der Waals surface area contributed by atoms with Crippen LogP contribution in [-0.4, -0.2) is 85.3 Å². The van der Waals surface area contributed by atoms with Gasteiger partial charge in [0.15, 0.2) is 0 Å². The lowest BCUT2D eigenvalue weighted by molar-refractivity contribution is -0.149. The number of hydrogen-bond acceptors (Lipinski definition) is 6. The van der Waals surface area contributed by atoms with Crippen LogP contribution in [0.1, 0.15) is 19.3 Å². The lowest BCUT2D eigenvalue weighted by Crippen LogP contribution is -2.59. The molecule has 0 bridgehead atoms. The molecule has 7 heteroatoms. The molecule has 0 aliphatic carbocycles. The average molecular weight is 302 g/mol. The van der Waals surface area contributed by atoms with Crippen LogP contribution in [-0.2, 0) is 14.3 Å². The number of carbonyl (C=O) groups is 1. The second kappa shape index (κ2) is 7.51. The van der Waals surface area contributed by atoms with Crippen LogP contribution in [0.5, 0.6) is 0 Å². The fourth-order valence-corrected chi connectivity index (χ4v) is 2.77. The summed E-state index contributed by atoms with van der Waals surface area (Å²) in [5.41, 5.74) is -1.30. The Hall–Kier alpha value is -0.730. The topological polar surface area (TPSA) is 91.3 Å². The van der Waals surface area contributed by atoms with Gasteiger partial charge in [0.2, 0.25) is 0 Å². The van der Waals surface area contributed by atoms with Crippen molar-refractivity contribution in [3.63, 3.8) is 0 Å². The molecule has 21 heavy (non-hydrogen) atoms. The summed E-state index contributed by atoms with van der Waals surface area (Å²) in [5.74, 6) is -0.344. The first-order valence-electron chi connectivity index (χ1n) is 7.57. The summed E-state index contributed by atoms with van der Waals surface area (Å²) < 4.78 is 10.9. The normalized spacial score (nSPS) is 30.0. The molecule has 2 heterocycles. The van der Waals surface area contributed by atoms with Gasteiger partial charge in [-0.15, -0.1) is 0 Å². The molecule has 0 aromatic carbocycles. The van der Waals surface area contributed by atoms with E-state index >= 15 is 0 Å². The highest BCUT2D eigenvalue weighted by molar-refractivity contribution is 5.85. The number of aliphatic hydroxyl groups is 2. The first kappa shape index (κ1) is 16.6. The largest absolute Gasteiger partial charge is 0.394 e. The summed E-state index contributed by atoms with van der Waals surface area (Å²) >= 11 is 0. The molecule has 0 radical (unpaired) electrons. The molecule has 2 atom stereocenters. The molecule has 1 amide bonds. The third-order valence-corrected chi connectivity index (χ3v) is 4.27. The summed E-state index contributed by atoms with van der Waals surface area (Å²) in [7, 11) is 1.98. The molecular formula is C14H26N2O5. The van der Waals surface area contributed by atoms with Crippen LogP contribution in [0.25, 0.3) is 0 Å². The molecule has 2 rings (SSSR count). The standard InChI is InChI=1S/C14H26N2O5/c1-16-5-3-14(19,4-6-16)13(18)15-11-10-20-8-2-12(11)21-9-7-17/h11-12,17,19H,2-10H2,1H3,(H,15,18)/t11-,12+/m1/s1. The molecule has 7 nitrogen and oxygen atoms in total. The van der Waals surface area contributed by atoms with Gasteiger partial charge in [0.05, 0.1) is 32.0 Å². The summed E-state index contributed by atoms with van der Waals surface area (Å²) in [6.07, 6.45) is 1.37. The molecule has 3 N–H and O–H groups in total. The maximum absolute atomic E-state index is 12.4. The van der Waals surface area contributed by atoms with Crippen molar-refractivity contribution < 1.29 is 24.5 Å². The van der Waals surface area contributed by atoms with E-state index in [-0.39, 0.29) is 31.3 Å². The van der Waals surface area contributed by atoms with Crippen molar-refractivity contribution in [2.24, 2.45) is 0 Å². The van der Waals surface area contributed by atoms with Gasteiger partial charge in [-0.2, -0.15) is 0 Å². The molecule has 2 saturated heterocycles. The number of aliphatic hydroxyl groups excluding tert-OH is 1. The van der Waals surface area contributed by atoms with Crippen LogP contribution >= 0.6 is 0 Å². The average Bonchev–Trinajstić information content (AvgIpc) is 2.49. The van der Waals surface area contributed by atoms with Gasteiger partial charge in [-0.25, -0.2) is 0 Å². The van der Waals surface area contributed by atoms with Gasteiger partial charge in [-0.1, -0.05) is 0 Å². The maximum Gasteiger partial charge on any atom is 0.252 e. The number of ether oxygens (including phenoxy) is 2. The van der Waals surface area contributed by atoms with Crippen molar-refractivity contribution >= 4 is 5.91 Å². The monoisotopic (exact) mass is 302 g/mol. The van der Waals surface area contributed by atoms with Crippen LogP contribution < -0.4 is 5.32 Å². The lowest BCUT2D eigenvalue weighted by Gasteiger charge is -2.38. The predicted octanol–water partition coefficient (Wildman–Crippen LogP) is -1.27. The molecule has 2 aliphatic rings. The Labute approximate surface area is 125 Å². The van der Waals surface area contributed by atoms with E-state index in [9.17, 15) is 9.90 Å². The van der Waals surface area contributed by atoms with Gasteiger partial charge in [0, 0.05) is 19.7 Å². The van der Waals surface area contributed by atoms with Crippen LogP contribution in [0.4, 0.5) is 0 Å². The molecule has 0 unspecified atom stereocenters. The van der Waals surface area contributed by atoms with E-state index in [4.69, 9.17) is 14.6 Å². The Morgan fingerprint density at radius 2 is 2.19 bits per heavy atom. The SMILES string of the molecule is CN1CCC(O)(C(=O)N[C@@H]2COCC[C@@H]2OCCO)CC1. The van der Waals surface area contributed by atoms with E-state index in [1.807, 2.05) is 7.05 Å². The smallest absolute Gasteiger partial charge is 0.252 e. The van der Waals surface area contributed by atoms with E-state index in [1.165, 1.54) is 0 Å². The van der Waals surface area contributed by atoms with Gasteiger partial charge < -0.3 is 29.9 Å². The number of piperidine rings is 1. The molecule has 2 aliphatic heterocycles. The third kappa shape index (κ3) is 4.37. The molecular weight excluding hydrogens is 276 g/mol. The molecule has 0 aromatic rings. The summed E-state index contributed by atoms with van der Waals surface area (Å²) in [6, 6.07) is -0.276. The van der Waals surface area contributed by atoms with E-state index in [1.54, 1.807) is 0 Å². The zero-order valence-electron chi connectivity index (χ0n) is 12.6. The predicted molar refractivity (Wildman–Crippen MR) is 75.9 cm³/mol. The number of nitrogens with one attached hydrogen (secondary N) is 1. The minimum absolute atomic E-state index is 0.0473. The van der Waals surface area contributed by atoms with Crippen molar-refractivity contribution in [1.82, 2.24) is 10.2 Å². The zero-order valence-corrected chi connectivity index (χ0v) is 12.6. The molecule has 0 spiro atoms. The number of nitrogens with zero attached hydrogens (tertiary/aromatic N) is 1. The summed E-state index contributed by atoms with van der Waals surface area (Å²) in [5, 5.41) is 22.2. The third-order valence-electron chi connectivity index (χ3n) is 4.27. The van der Waals surface area contributed by atoms with Crippen molar-refractivity contribution in [3.8, 4) is 0 Å². The highest BCUT2D eigenvalue weighted by Crippen LogP contribution is 2.22. The Morgan fingerprint density at radius 1 is 1.48 bits per heavy atom. The minimum atomic E-state index is -1.30. The van der Waals surface area contributed by atoms with E-state index in [0.717, 1.165) is 0 Å². The Morgan fingerprint density at radius 3 is 2.86 bits per heavy atom. The quantitative estimate of drug-likeness (QED) is 0.586.